The van der Waals surface area contributed by atoms with Crippen LogP contribution in [0.5, 0.6) is 5.88 Å². The highest BCUT2D eigenvalue weighted by molar-refractivity contribution is 5.96. The fraction of sp³-hybridized carbons (Fsp3) is 0.483. The molecule has 7 rings (SSSR count). The van der Waals surface area contributed by atoms with Gasteiger partial charge in [-0.05, 0) is 75.6 Å². The van der Waals surface area contributed by atoms with Crippen LogP contribution in [0.2, 0.25) is 0 Å². The van der Waals surface area contributed by atoms with Gasteiger partial charge in [0.1, 0.15) is 17.0 Å². The molecule has 2 saturated heterocycles. The monoisotopic (exact) mass is 498 g/mol. The van der Waals surface area contributed by atoms with Crippen LogP contribution in [0.25, 0.3) is 28.1 Å². The number of nitrogens with zero attached hydrogens (tertiary/aromatic N) is 5. The van der Waals surface area contributed by atoms with Gasteiger partial charge in [0.05, 0.1) is 18.5 Å². The molecule has 3 atom stereocenters. The lowest BCUT2D eigenvalue weighted by atomic mass is 9.97. The molecule has 4 aromatic rings. The van der Waals surface area contributed by atoms with E-state index in [2.05, 4.69) is 36.6 Å². The van der Waals surface area contributed by atoms with E-state index >= 15 is 0 Å². The van der Waals surface area contributed by atoms with Crippen LogP contribution in [-0.2, 0) is 13.0 Å². The van der Waals surface area contributed by atoms with Crippen molar-refractivity contribution < 1.29 is 9.53 Å². The van der Waals surface area contributed by atoms with Gasteiger partial charge in [0.2, 0.25) is 0 Å². The zero-order chi connectivity index (χ0) is 25.4. The Morgan fingerprint density at radius 3 is 2.65 bits per heavy atom. The summed E-state index contributed by atoms with van der Waals surface area (Å²) in [6.07, 6.45) is 6.35. The summed E-state index contributed by atoms with van der Waals surface area (Å²) in [6.45, 7) is 5.16. The number of ether oxygens (including phenoxy) is 1. The fourth-order valence-electron chi connectivity index (χ4n) is 6.60. The van der Waals surface area contributed by atoms with Crippen LogP contribution in [-0.4, -0.2) is 55.0 Å². The van der Waals surface area contributed by atoms with E-state index in [1.54, 1.807) is 7.11 Å². The Morgan fingerprint density at radius 1 is 1.14 bits per heavy atom. The maximum absolute atomic E-state index is 13.7. The van der Waals surface area contributed by atoms with E-state index in [1.807, 2.05) is 21.4 Å². The molecular weight excluding hydrogens is 464 g/mol. The number of pyridine rings is 2. The molecule has 0 radical (unpaired) electrons. The maximum atomic E-state index is 13.7. The molecule has 8 heteroatoms. The number of fused-ring (bicyclic) bond motifs is 4. The number of imidazole rings is 1. The second kappa shape index (κ2) is 8.31. The van der Waals surface area contributed by atoms with Crippen molar-refractivity contribution in [1.29, 1.82) is 0 Å². The lowest BCUT2D eigenvalue weighted by molar-refractivity contribution is 0.0726. The number of aromatic nitrogens is 4. The lowest BCUT2D eigenvalue weighted by Crippen LogP contribution is -2.40. The molecule has 1 amide bonds. The predicted molar refractivity (Wildman–Crippen MR) is 143 cm³/mol. The average molecular weight is 499 g/mol. The van der Waals surface area contributed by atoms with Gasteiger partial charge in [-0.3, -0.25) is 9.20 Å². The third-order valence-corrected chi connectivity index (χ3v) is 8.74. The summed E-state index contributed by atoms with van der Waals surface area (Å²) in [7, 11) is 1.65. The first kappa shape index (κ1) is 22.8. The zero-order valence-corrected chi connectivity index (χ0v) is 21.8. The Labute approximate surface area is 216 Å². The highest BCUT2D eigenvalue weighted by Crippen LogP contribution is 2.40. The molecule has 37 heavy (non-hydrogen) atoms. The quantitative estimate of drug-likeness (QED) is 0.427. The number of hydrogen-bond acceptors (Lipinski definition) is 5. The van der Waals surface area contributed by atoms with Crippen molar-refractivity contribution in [2.24, 2.45) is 11.7 Å². The minimum atomic E-state index is 0.0302. The molecule has 2 aliphatic heterocycles. The molecule has 0 aromatic carbocycles. The van der Waals surface area contributed by atoms with Crippen molar-refractivity contribution in [3.63, 3.8) is 0 Å². The predicted octanol–water partition coefficient (Wildman–Crippen LogP) is 4.34. The first-order valence-electron chi connectivity index (χ1n) is 13.6. The summed E-state index contributed by atoms with van der Waals surface area (Å²) in [5.74, 6) is 1.34. The molecule has 4 aromatic heterocycles. The van der Waals surface area contributed by atoms with Crippen LogP contribution in [0, 0.1) is 12.8 Å². The number of carbonyl (C=O) groups excluding carboxylic acids is 1. The molecule has 3 aliphatic rings. The Bertz CT molecular complexity index is 1550. The molecular formula is C29H34N6O2. The Balaban J connectivity index is 1.36. The lowest BCUT2D eigenvalue weighted by Gasteiger charge is -2.23. The van der Waals surface area contributed by atoms with Gasteiger partial charge in [-0.25, -0.2) is 9.97 Å². The van der Waals surface area contributed by atoms with Crippen molar-refractivity contribution in [2.45, 2.75) is 77.0 Å². The van der Waals surface area contributed by atoms with Gasteiger partial charge in [-0.1, -0.05) is 6.92 Å². The molecule has 1 saturated carbocycles. The standard InChI is InChI=1S/C29H34N6O2/c1-4-20-8-7-18-11-24(33(28(18)31-20)15-17-5-6-17)27-16(2)34-25(32-27)12-19(13-26(34)37-3)29(36)35-21-9-10-23(35)22(30)14-21/h7-8,11-13,17,21-23H,4-6,9-10,14-15,30H2,1-3H3/t21-,22?,23?/m0/s1. The van der Waals surface area contributed by atoms with Crippen LogP contribution >= 0.6 is 0 Å². The smallest absolute Gasteiger partial charge is 0.254 e. The number of nitrogens with two attached hydrogens (primary N) is 1. The normalized spacial score (nSPS) is 23.0. The molecule has 0 spiro atoms. The Kier molecular flexibility index (Phi) is 5.12. The highest BCUT2D eigenvalue weighted by atomic mass is 16.5. The largest absolute Gasteiger partial charge is 0.482 e. The minimum Gasteiger partial charge on any atom is -0.482 e. The van der Waals surface area contributed by atoms with Crippen molar-refractivity contribution >= 4 is 22.6 Å². The highest BCUT2D eigenvalue weighted by Gasteiger charge is 2.47. The number of methoxy groups -OCH3 is 1. The van der Waals surface area contributed by atoms with Crippen LogP contribution in [0.3, 0.4) is 0 Å². The molecule has 8 nitrogen and oxygen atoms in total. The summed E-state index contributed by atoms with van der Waals surface area (Å²) in [5.41, 5.74) is 12.7. The average Bonchev–Trinajstić information content (AvgIpc) is 3.23. The Hall–Kier alpha value is -3.39. The van der Waals surface area contributed by atoms with Crippen molar-refractivity contribution in [3.8, 4) is 17.3 Å². The SMILES string of the molecule is CCc1ccc2cc(-c3nc4cc(C(=O)N5C6CC[C@H]5CC6N)cc(OC)n4c3C)n(CC3CC3)c2n1. The third kappa shape index (κ3) is 3.49. The maximum Gasteiger partial charge on any atom is 0.254 e. The van der Waals surface area contributed by atoms with Crippen LogP contribution in [0.1, 0.15) is 60.8 Å². The van der Waals surface area contributed by atoms with Gasteiger partial charge in [-0.2, -0.15) is 0 Å². The summed E-state index contributed by atoms with van der Waals surface area (Å²) in [5, 5.41) is 1.13. The van der Waals surface area contributed by atoms with E-state index in [0.29, 0.717) is 17.4 Å². The Morgan fingerprint density at radius 2 is 1.97 bits per heavy atom. The van der Waals surface area contributed by atoms with Crippen molar-refractivity contribution in [3.05, 3.63) is 47.3 Å². The van der Waals surface area contributed by atoms with E-state index in [0.717, 1.165) is 71.7 Å². The zero-order valence-electron chi connectivity index (χ0n) is 21.8. The van der Waals surface area contributed by atoms with Crippen LogP contribution in [0.15, 0.2) is 30.3 Å². The van der Waals surface area contributed by atoms with Crippen LogP contribution < -0.4 is 10.5 Å². The number of aryl methyl sites for hydroxylation is 2. The first-order valence-corrected chi connectivity index (χ1v) is 13.6. The summed E-state index contributed by atoms with van der Waals surface area (Å²) in [6, 6.07) is 10.7. The first-order chi connectivity index (χ1) is 18.0. The van der Waals surface area contributed by atoms with Crippen molar-refractivity contribution in [2.75, 3.05) is 7.11 Å². The van der Waals surface area contributed by atoms with Gasteiger partial charge < -0.3 is 19.9 Å². The number of amides is 1. The fourth-order valence-corrected chi connectivity index (χ4v) is 6.60. The van der Waals surface area contributed by atoms with Gasteiger partial charge in [-0.15, -0.1) is 0 Å². The second-order valence-electron chi connectivity index (χ2n) is 11.1. The summed E-state index contributed by atoms with van der Waals surface area (Å²) < 4.78 is 10.2. The van der Waals surface area contributed by atoms with E-state index in [9.17, 15) is 4.79 Å². The topological polar surface area (TPSA) is 90.7 Å². The molecule has 2 bridgehead atoms. The number of rotatable bonds is 6. The van der Waals surface area contributed by atoms with Crippen LogP contribution in [0.4, 0.5) is 0 Å². The number of hydrogen-bond donors (Lipinski definition) is 1. The second-order valence-corrected chi connectivity index (χ2v) is 11.1. The summed E-state index contributed by atoms with van der Waals surface area (Å²) >= 11 is 0. The molecule has 3 fully saturated rings. The van der Waals surface area contributed by atoms with Gasteiger partial charge >= 0.3 is 0 Å². The molecule has 192 valence electrons. The van der Waals surface area contributed by atoms with Gasteiger partial charge in [0.25, 0.3) is 5.91 Å². The van der Waals surface area contributed by atoms with Gasteiger partial charge in [0.15, 0.2) is 5.88 Å². The van der Waals surface area contributed by atoms with Crippen molar-refractivity contribution in [1.82, 2.24) is 23.8 Å². The number of carbonyl (C=O) groups is 1. The molecule has 2 unspecified atom stereocenters. The van der Waals surface area contributed by atoms with E-state index in [-0.39, 0.29) is 24.0 Å². The van der Waals surface area contributed by atoms with Gasteiger partial charge in [0, 0.05) is 47.4 Å². The van der Waals surface area contributed by atoms with E-state index < -0.39 is 0 Å². The van der Waals surface area contributed by atoms with E-state index in [1.165, 1.54) is 12.8 Å². The van der Waals surface area contributed by atoms with E-state index in [4.69, 9.17) is 20.4 Å². The molecule has 2 N–H and O–H groups in total. The molecule has 6 heterocycles. The minimum absolute atomic E-state index is 0.0302. The third-order valence-electron chi connectivity index (χ3n) is 8.74. The summed E-state index contributed by atoms with van der Waals surface area (Å²) in [4.78, 5) is 25.7. The molecule has 1 aliphatic carbocycles.